The fraction of sp³-hybridized carbons (Fsp3) is 0.529. The smallest absolute Gasteiger partial charge is 0.251 e. The van der Waals surface area contributed by atoms with Crippen molar-refractivity contribution in [3.8, 4) is 11.5 Å². The summed E-state index contributed by atoms with van der Waals surface area (Å²) >= 11 is 0. The maximum absolute atomic E-state index is 12.4. The average Bonchev–Trinajstić information content (AvgIpc) is 2.65. The van der Waals surface area contributed by atoms with Gasteiger partial charge in [0.2, 0.25) is 5.91 Å². The van der Waals surface area contributed by atoms with Crippen LogP contribution in [0.25, 0.3) is 0 Å². The number of ether oxygens (including phenoxy) is 3. The largest absolute Gasteiger partial charge is 0.497 e. The number of methoxy groups -OCH3 is 2. The van der Waals surface area contributed by atoms with E-state index in [1.54, 1.807) is 6.07 Å². The Morgan fingerprint density at radius 1 is 1.07 bits per heavy atom. The molecule has 1 saturated heterocycles. The number of nitrogens with one attached hydrogen (secondary N) is 2. The third-order valence-corrected chi connectivity index (χ3v) is 4.17. The Hall–Kier alpha value is -2.40. The summed E-state index contributed by atoms with van der Waals surface area (Å²) in [5.41, 5.74) is 0.258. The monoisotopic (exact) mass is 384 g/mol. The summed E-state index contributed by atoms with van der Waals surface area (Å²) in [4.78, 5) is 23.5. The fourth-order valence-corrected chi connectivity index (χ4v) is 2.74. The van der Waals surface area contributed by atoms with Crippen molar-refractivity contribution in [2.45, 2.75) is 37.6 Å². The van der Waals surface area contributed by atoms with E-state index < -0.39 is 42.5 Å². The lowest BCUT2D eigenvalue weighted by Crippen LogP contribution is -2.64. The maximum atomic E-state index is 12.4. The number of hydrogen-bond donors (Lipinski definition) is 5. The zero-order valence-corrected chi connectivity index (χ0v) is 15.2. The standard InChI is InChI=1S/C17H24N2O8/c1-8(20)19-13-15(22)14(21)12(27-17(13)24)7-18-16(23)9-4-10(25-2)6-11(5-9)26-3/h4-6,12-15,17,21-22,24H,7H2,1-3H3,(H,18,23)(H,19,20)/t12-,13-,14+,15?,17-/m1/s1. The van der Waals surface area contributed by atoms with Crippen molar-refractivity contribution in [3.05, 3.63) is 23.8 Å². The lowest BCUT2D eigenvalue weighted by atomic mass is 9.96. The molecule has 150 valence electrons. The highest BCUT2D eigenvalue weighted by Crippen LogP contribution is 2.23. The van der Waals surface area contributed by atoms with E-state index in [1.807, 2.05) is 0 Å². The number of amides is 2. The molecule has 1 aromatic rings. The average molecular weight is 384 g/mol. The van der Waals surface area contributed by atoms with Gasteiger partial charge in [0.05, 0.1) is 14.2 Å². The first-order valence-corrected chi connectivity index (χ1v) is 8.24. The molecule has 1 fully saturated rings. The van der Waals surface area contributed by atoms with Crippen molar-refractivity contribution < 1.29 is 39.1 Å². The second-order valence-electron chi connectivity index (χ2n) is 6.08. The van der Waals surface area contributed by atoms with Gasteiger partial charge in [0, 0.05) is 25.1 Å². The molecule has 0 saturated carbocycles. The highest BCUT2D eigenvalue weighted by molar-refractivity contribution is 5.95. The molecule has 10 heteroatoms. The summed E-state index contributed by atoms with van der Waals surface area (Å²) in [6.07, 6.45) is -5.50. The van der Waals surface area contributed by atoms with E-state index in [0.717, 1.165) is 0 Å². The molecule has 1 aliphatic heterocycles. The molecular formula is C17H24N2O8. The molecular weight excluding hydrogens is 360 g/mol. The van der Waals surface area contributed by atoms with Crippen LogP contribution in [0.2, 0.25) is 0 Å². The molecule has 1 unspecified atom stereocenters. The van der Waals surface area contributed by atoms with E-state index >= 15 is 0 Å². The number of benzene rings is 1. The third-order valence-electron chi connectivity index (χ3n) is 4.17. The minimum absolute atomic E-state index is 0.180. The second kappa shape index (κ2) is 9.00. The van der Waals surface area contributed by atoms with Crippen LogP contribution in [0.5, 0.6) is 11.5 Å². The van der Waals surface area contributed by atoms with E-state index in [1.165, 1.54) is 33.3 Å². The molecule has 5 N–H and O–H groups in total. The van der Waals surface area contributed by atoms with E-state index in [4.69, 9.17) is 14.2 Å². The first-order valence-electron chi connectivity index (χ1n) is 8.24. The molecule has 0 spiro atoms. The number of carbonyl (C=O) groups is 2. The molecule has 1 heterocycles. The third kappa shape index (κ3) is 5.07. The SMILES string of the molecule is COc1cc(OC)cc(C(=O)NC[C@H]2O[C@@H](O)[C@H](NC(C)=O)C(O)[C@H]2O)c1. The topological polar surface area (TPSA) is 147 Å². The summed E-state index contributed by atoms with van der Waals surface area (Å²) in [5, 5.41) is 35.1. The van der Waals surface area contributed by atoms with Gasteiger partial charge in [-0.25, -0.2) is 0 Å². The van der Waals surface area contributed by atoms with Gasteiger partial charge in [0.15, 0.2) is 6.29 Å². The Kier molecular flexibility index (Phi) is 6.97. The van der Waals surface area contributed by atoms with Crippen LogP contribution in [-0.2, 0) is 9.53 Å². The molecule has 1 aliphatic rings. The van der Waals surface area contributed by atoms with Crippen LogP contribution in [0.4, 0.5) is 0 Å². The molecule has 2 amide bonds. The highest BCUT2D eigenvalue weighted by Gasteiger charge is 2.44. The molecule has 0 aliphatic carbocycles. The number of carbonyl (C=O) groups excluding carboxylic acids is 2. The maximum Gasteiger partial charge on any atom is 0.251 e. The Balaban J connectivity index is 2.02. The van der Waals surface area contributed by atoms with Gasteiger partial charge < -0.3 is 40.2 Å². The fourth-order valence-electron chi connectivity index (χ4n) is 2.74. The lowest BCUT2D eigenvalue weighted by molar-refractivity contribution is -0.245. The van der Waals surface area contributed by atoms with Crippen LogP contribution in [0.15, 0.2) is 18.2 Å². The highest BCUT2D eigenvalue weighted by atomic mass is 16.6. The predicted molar refractivity (Wildman–Crippen MR) is 92.4 cm³/mol. The minimum Gasteiger partial charge on any atom is -0.497 e. The predicted octanol–water partition coefficient (Wildman–Crippen LogP) is -1.62. The number of aliphatic hydroxyl groups is 3. The van der Waals surface area contributed by atoms with Gasteiger partial charge >= 0.3 is 0 Å². The van der Waals surface area contributed by atoms with E-state index in [2.05, 4.69) is 10.6 Å². The van der Waals surface area contributed by atoms with Crippen molar-refractivity contribution in [3.63, 3.8) is 0 Å². The number of hydrogen-bond acceptors (Lipinski definition) is 8. The van der Waals surface area contributed by atoms with Gasteiger partial charge in [-0.1, -0.05) is 0 Å². The molecule has 0 radical (unpaired) electrons. The summed E-state index contributed by atoms with van der Waals surface area (Å²) in [6.45, 7) is 1.03. The zero-order valence-electron chi connectivity index (χ0n) is 15.2. The molecule has 27 heavy (non-hydrogen) atoms. The van der Waals surface area contributed by atoms with Crippen molar-refractivity contribution in [1.29, 1.82) is 0 Å². The normalized spacial score (nSPS) is 27.6. The van der Waals surface area contributed by atoms with Crippen LogP contribution < -0.4 is 20.1 Å². The van der Waals surface area contributed by atoms with Gasteiger partial charge in [-0.15, -0.1) is 0 Å². The summed E-state index contributed by atoms with van der Waals surface area (Å²) < 4.78 is 15.4. The summed E-state index contributed by atoms with van der Waals surface area (Å²) in [5.74, 6) is -0.126. The Bertz CT molecular complexity index is 661. The number of aliphatic hydroxyl groups excluding tert-OH is 3. The van der Waals surface area contributed by atoms with E-state index in [-0.39, 0.29) is 12.1 Å². The van der Waals surface area contributed by atoms with E-state index in [0.29, 0.717) is 11.5 Å². The van der Waals surface area contributed by atoms with Crippen LogP contribution >= 0.6 is 0 Å². The first kappa shape index (κ1) is 20.9. The Labute approximate surface area is 156 Å². The van der Waals surface area contributed by atoms with Gasteiger partial charge in [0.25, 0.3) is 5.91 Å². The quantitative estimate of drug-likeness (QED) is 0.393. The lowest BCUT2D eigenvalue weighted by Gasteiger charge is -2.40. The summed E-state index contributed by atoms with van der Waals surface area (Å²) in [6, 6.07) is 3.45. The van der Waals surface area contributed by atoms with Crippen molar-refractivity contribution in [2.24, 2.45) is 0 Å². The molecule has 0 bridgehead atoms. The second-order valence-corrected chi connectivity index (χ2v) is 6.08. The Morgan fingerprint density at radius 3 is 2.19 bits per heavy atom. The van der Waals surface area contributed by atoms with Crippen LogP contribution in [0, 0.1) is 0 Å². The van der Waals surface area contributed by atoms with Crippen LogP contribution in [0.1, 0.15) is 17.3 Å². The van der Waals surface area contributed by atoms with Crippen molar-refractivity contribution >= 4 is 11.8 Å². The van der Waals surface area contributed by atoms with Gasteiger partial charge in [-0.3, -0.25) is 9.59 Å². The van der Waals surface area contributed by atoms with Crippen molar-refractivity contribution in [1.82, 2.24) is 10.6 Å². The molecule has 2 rings (SSSR count). The summed E-state index contributed by atoms with van der Waals surface area (Å²) in [7, 11) is 2.91. The van der Waals surface area contributed by atoms with Gasteiger partial charge in [-0.2, -0.15) is 0 Å². The van der Waals surface area contributed by atoms with E-state index in [9.17, 15) is 24.9 Å². The number of rotatable bonds is 6. The van der Waals surface area contributed by atoms with Crippen molar-refractivity contribution in [2.75, 3.05) is 20.8 Å². The molecule has 5 atom stereocenters. The molecule has 1 aromatic carbocycles. The minimum atomic E-state index is -1.54. The van der Waals surface area contributed by atoms with Crippen LogP contribution in [0.3, 0.4) is 0 Å². The first-order chi connectivity index (χ1) is 12.8. The van der Waals surface area contributed by atoms with Crippen LogP contribution in [-0.4, -0.2) is 78.5 Å². The van der Waals surface area contributed by atoms with Gasteiger partial charge in [-0.05, 0) is 12.1 Å². The molecule has 0 aromatic heterocycles. The Morgan fingerprint density at radius 2 is 1.67 bits per heavy atom. The van der Waals surface area contributed by atoms with Gasteiger partial charge in [0.1, 0.15) is 35.9 Å². The zero-order chi connectivity index (χ0) is 20.1. The molecule has 10 nitrogen and oxygen atoms in total.